The van der Waals surface area contributed by atoms with Crippen LogP contribution in [0.1, 0.15) is 65.3 Å². The van der Waals surface area contributed by atoms with Crippen LogP contribution >= 0.6 is 0 Å². The van der Waals surface area contributed by atoms with Crippen LogP contribution in [0.3, 0.4) is 0 Å². The monoisotopic (exact) mass is 474 g/mol. The molecule has 0 fully saturated rings. The molecule has 0 saturated heterocycles. The second kappa shape index (κ2) is 9.19. The lowest BCUT2D eigenvalue weighted by Crippen LogP contribution is -2.06. The van der Waals surface area contributed by atoms with E-state index in [1.54, 1.807) is 0 Å². The minimum atomic E-state index is 0.709. The van der Waals surface area contributed by atoms with Crippen LogP contribution in [0.4, 0.5) is 0 Å². The number of para-hydroxylation sites is 1. The van der Waals surface area contributed by atoms with Crippen LogP contribution < -0.4 is 0 Å². The molecule has 0 aliphatic heterocycles. The minimum Gasteiger partial charge on any atom is -0.323 e. The van der Waals surface area contributed by atoms with Crippen LogP contribution in [-0.4, -0.2) is 30.2 Å². The maximum Gasteiger partial charge on any atom is 0.175 e. The molecule has 0 bridgehead atoms. The first-order valence-electron chi connectivity index (χ1n) is 12.7. The van der Waals surface area contributed by atoms with Crippen molar-refractivity contribution in [1.82, 2.24) is 30.2 Å². The second-order valence-electron chi connectivity index (χ2n) is 9.71. The predicted molar refractivity (Wildman–Crippen MR) is 144 cm³/mol. The van der Waals surface area contributed by atoms with Crippen LogP contribution in [0, 0.1) is 6.92 Å². The Bertz CT molecular complexity index is 1590. The van der Waals surface area contributed by atoms with Crippen LogP contribution in [0.5, 0.6) is 0 Å². The maximum absolute atomic E-state index is 5.02. The number of tetrazole rings is 1. The maximum atomic E-state index is 5.02. The molecular weight excluding hydrogens is 444 g/mol. The van der Waals surface area contributed by atoms with Gasteiger partial charge < -0.3 is 4.57 Å². The molecule has 2 aromatic heterocycles. The van der Waals surface area contributed by atoms with E-state index in [9.17, 15) is 0 Å². The van der Waals surface area contributed by atoms with Crippen molar-refractivity contribution in [3.05, 3.63) is 106 Å². The zero-order valence-corrected chi connectivity index (χ0v) is 21.0. The summed E-state index contributed by atoms with van der Waals surface area (Å²) in [6.07, 6.45) is 4.06. The molecule has 6 nitrogen and oxygen atoms in total. The molecule has 0 radical (unpaired) electrons. The fourth-order valence-electron chi connectivity index (χ4n) is 5.54. The van der Waals surface area contributed by atoms with Gasteiger partial charge in [-0.15, -0.1) is 5.10 Å². The lowest BCUT2D eigenvalue weighted by molar-refractivity contribution is 0.721. The molecule has 0 unspecified atom stereocenters. The van der Waals surface area contributed by atoms with E-state index < -0.39 is 0 Å². The fraction of sp³-hybridized carbons (Fsp3) is 0.267. The van der Waals surface area contributed by atoms with Gasteiger partial charge in [0.05, 0.1) is 11.0 Å². The van der Waals surface area contributed by atoms with Gasteiger partial charge in [0, 0.05) is 18.5 Å². The smallest absolute Gasteiger partial charge is 0.175 e. The van der Waals surface area contributed by atoms with Gasteiger partial charge in [-0.05, 0) is 88.6 Å². The van der Waals surface area contributed by atoms with E-state index in [1.165, 1.54) is 50.3 Å². The zero-order valence-electron chi connectivity index (χ0n) is 21.0. The van der Waals surface area contributed by atoms with Crippen molar-refractivity contribution in [2.45, 2.75) is 53.0 Å². The molecule has 36 heavy (non-hydrogen) atoms. The van der Waals surface area contributed by atoms with Crippen molar-refractivity contribution in [3.63, 3.8) is 0 Å². The number of aryl methyl sites for hydroxylation is 4. The van der Waals surface area contributed by atoms with Crippen LogP contribution in [0.25, 0.3) is 22.2 Å². The SMILES string of the molecule is CCCc1nc2c(C)cccc2n1Cc1ccc2c(c1)CCc1ccccc1/C2=C(\C)c1nnn[nH]1. The molecule has 5 aromatic rings. The summed E-state index contributed by atoms with van der Waals surface area (Å²) < 4.78 is 2.40. The Morgan fingerprint density at radius 1 is 0.972 bits per heavy atom. The summed E-state index contributed by atoms with van der Waals surface area (Å²) >= 11 is 0. The van der Waals surface area contributed by atoms with E-state index in [2.05, 4.69) is 107 Å². The molecule has 1 aliphatic carbocycles. The van der Waals surface area contributed by atoms with Crippen molar-refractivity contribution < 1.29 is 0 Å². The van der Waals surface area contributed by atoms with E-state index in [0.717, 1.165) is 43.3 Å². The predicted octanol–water partition coefficient (Wildman–Crippen LogP) is 5.94. The summed E-state index contributed by atoms with van der Waals surface area (Å²) in [5.74, 6) is 1.87. The third kappa shape index (κ3) is 3.83. The lowest BCUT2D eigenvalue weighted by Gasteiger charge is -2.16. The summed E-state index contributed by atoms with van der Waals surface area (Å²) in [6.45, 7) is 7.29. The molecule has 6 heteroatoms. The Hall–Kier alpha value is -4.06. The minimum absolute atomic E-state index is 0.709. The quantitative estimate of drug-likeness (QED) is 0.342. The second-order valence-corrected chi connectivity index (χ2v) is 9.71. The molecule has 3 aromatic carbocycles. The summed E-state index contributed by atoms with van der Waals surface area (Å²) in [5.41, 5.74) is 12.4. The highest BCUT2D eigenvalue weighted by atomic mass is 15.5. The average Bonchev–Trinajstić information content (AvgIpc) is 3.51. The largest absolute Gasteiger partial charge is 0.323 e. The normalized spacial score (nSPS) is 14.4. The molecule has 6 rings (SSSR count). The van der Waals surface area contributed by atoms with Crippen LogP contribution in [0.15, 0.2) is 60.7 Å². The van der Waals surface area contributed by atoms with Crippen molar-refractivity contribution in [1.29, 1.82) is 0 Å². The van der Waals surface area contributed by atoms with Gasteiger partial charge in [-0.25, -0.2) is 10.1 Å². The first-order chi connectivity index (χ1) is 17.6. The number of rotatable bonds is 5. The Kier molecular flexibility index (Phi) is 5.72. The molecule has 0 saturated carbocycles. The number of aromatic amines is 1. The molecule has 0 amide bonds. The highest BCUT2D eigenvalue weighted by Gasteiger charge is 2.22. The summed E-state index contributed by atoms with van der Waals surface area (Å²) in [7, 11) is 0. The van der Waals surface area contributed by atoms with Gasteiger partial charge in [-0.2, -0.15) is 0 Å². The van der Waals surface area contributed by atoms with Gasteiger partial charge in [-0.3, -0.25) is 0 Å². The molecule has 1 N–H and O–H groups in total. The van der Waals surface area contributed by atoms with Gasteiger partial charge >= 0.3 is 0 Å². The third-order valence-electron chi connectivity index (χ3n) is 7.34. The number of hydrogen-bond acceptors (Lipinski definition) is 4. The van der Waals surface area contributed by atoms with E-state index in [1.807, 2.05) is 0 Å². The topological polar surface area (TPSA) is 72.3 Å². The third-order valence-corrected chi connectivity index (χ3v) is 7.34. The highest BCUT2D eigenvalue weighted by Crippen LogP contribution is 2.38. The van der Waals surface area contributed by atoms with Crippen molar-refractivity contribution in [2.24, 2.45) is 0 Å². The number of nitrogens with zero attached hydrogens (tertiary/aromatic N) is 5. The standard InChI is InChI=1S/C30H30N6/c1-4-8-27-31-29-19(2)9-7-12-26(29)36(27)18-21-13-16-25-23(17-21)15-14-22-10-5-6-11-24(22)28(25)20(3)30-32-34-35-33-30/h5-7,9-13,16-17H,4,8,14-15,18H2,1-3H3,(H,32,33,34,35)/b28-20-. The van der Waals surface area contributed by atoms with E-state index >= 15 is 0 Å². The summed E-state index contributed by atoms with van der Waals surface area (Å²) in [6, 6.07) is 22.1. The first-order valence-corrected chi connectivity index (χ1v) is 12.7. The van der Waals surface area contributed by atoms with E-state index in [4.69, 9.17) is 4.98 Å². The van der Waals surface area contributed by atoms with E-state index in [0.29, 0.717) is 5.82 Å². The number of benzene rings is 3. The number of aromatic nitrogens is 6. The highest BCUT2D eigenvalue weighted by molar-refractivity contribution is 5.98. The Labute approximate surface area is 211 Å². The lowest BCUT2D eigenvalue weighted by atomic mass is 9.89. The van der Waals surface area contributed by atoms with Crippen molar-refractivity contribution in [2.75, 3.05) is 0 Å². The van der Waals surface area contributed by atoms with Crippen LogP contribution in [0.2, 0.25) is 0 Å². The molecule has 0 atom stereocenters. The van der Waals surface area contributed by atoms with Crippen molar-refractivity contribution in [3.8, 4) is 0 Å². The average molecular weight is 475 g/mol. The van der Waals surface area contributed by atoms with Crippen molar-refractivity contribution >= 4 is 22.2 Å². The number of allylic oxidation sites excluding steroid dienone is 1. The van der Waals surface area contributed by atoms with Gasteiger partial charge in [0.1, 0.15) is 5.82 Å². The first kappa shape index (κ1) is 22.4. The van der Waals surface area contributed by atoms with E-state index in [-0.39, 0.29) is 0 Å². The number of nitrogens with one attached hydrogen (secondary N) is 1. The van der Waals surface area contributed by atoms with Gasteiger partial charge in [0.15, 0.2) is 5.82 Å². The molecule has 1 aliphatic rings. The number of fused-ring (bicyclic) bond motifs is 3. The Morgan fingerprint density at radius 3 is 2.64 bits per heavy atom. The van der Waals surface area contributed by atoms with Gasteiger partial charge in [0.2, 0.25) is 0 Å². The molecule has 2 heterocycles. The Morgan fingerprint density at radius 2 is 1.81 bits per heavy atom. The Balaban J connectivity index is 1.47. The van der Waals surface area contributed by atoms with Gasteiger partial charge in [0.25, 0.3) is 0 Å². The van der Waals surface area contributed by atoms with Gasteiger partial charge in [-0.1, -0.05) is 61.5 Å². The zero-order chi connectivity index (χ0) is 24.6. The fourth-order valence-corrected chi connectivity index (χ4v) is 5.54. The molecule has 180 valence electrons. The summed E-state index contributed by atoms with van der Waals surface area (Å²) in [5, 5.41) is 14.8. The number of H-pyrrole nitrogens is 1. The number of imidazole rings is 1. The molecular formula is C30H30N6. The number of hydrogen-bond donors (Lipinski definition) is 1. The molecule has 0 spiro atoms. The van der Waals surface area contributed by atoms with Crippen LogP contribution in [-0.2, 0) is 25.8 Å². The summed E-state index contributed by atoms with van der Waals surface area (Å²) in [4.78, 5) is 5.02.